The number of phenolic OH excluding ortho intramolecular Hbond substituents is 1. The lowest BCUT2D eigenvalue weighted by Gasteiger charge is -2.48. The molecule has 0 radical (unpaired) electrons. The van der Waals surface area contributed by atoms with Crippen LogP contribution < -0.4 is 0 Å². The highest BCUT2D eigenvalue weighted by atomic mass is 16.3. The number of Topliss-reactive ketones (excluding diaryl/α,β-unsaturated/α-hetero) is 1. The van der Waals surface area contributed by atoms with E-state index in [-0.39, 0.29) is 29.3 Å². The number of fused-ring (bicyclic) bond motifs is 5. The molecule has 4 rings (SSSR count). The van der Waals surface area contributed by atoms with Crippen LogP contribution >= 0.6 is 0 Å². The zero-order valence-corrected chi connectivity index (χ0v) is 11.8. The SMILES string of the molecule is [2H]c1cc(O)cc2c1[C@H]1CC[C@]3(C)C(=O)C([2H])([2H])C[C@H]3[C@@H]1CC2. The third-order valence-corrected chi connectivity index (χ3v) is 5.99. The van der Waals surface area contributed by atoms with E-state index in [1.54, 1.807) is 6.07 Å². The first-order valence-corrected chi connectivity index (χ1v) is 7.61. The molecule has 2 saturated carbocycles. The van der Waals surface area contributed by atoms with Crippen LogP contribution in [0.2, 0.25) is 0 Å². The molecule has 3 aliphatic rings. The molecule has 1 aromatic carbocycles. The molecule has 2 nitrogen and oxygen atoms in total. The molecule has 2 fully saturated rings. The molecule has 0 heterocycles. The van der Waals surface area contributed by atoms with Gasteiger partial charge in [0.1, 0.15) is 11.5 Å². The minimum absolute atomic E-state index is 0.0742. The van der Waals surface area contributed by atoms with Gasteiger partial charge in [0.2, 0.25) is 0 Å². The predicted octanol–water partition coefficient (Wildman–Crippen LogP) is 3.82. The van der Waals surface area contributed by atoms with Gasteiger partial charge in [-0.3, -0.25) is 4.79 Å². The van der Waals surface area contributed by atoms with Crippen LogP contribution in [0.4, 0.5) is 0 Å². The Morgan fingerprint density at radius 2 is 2.30 bits per heavy atom. The number of hydrogen-bond acceptors (Lipinski definition) is 2. The number of carbonyl (C=O) groups excluding carboxylic acids is 1. The van der Waals surface area contributed by atoms with E-state index in [4.69, 9.17) is 4.11 Å². The predicted molar refractivity (Wildman–Crippen MR) is 77.7 cm³/mol. The average Bonchev–Trinajstić information content (AvgIpc) is 2.66. The number of ketones is 1. The van der Waals surface area contributed by atoms with Gasteiger partial charge in [0.15, 0.2) is 0 Å². The van der Waals surface area contributed by atoms with E-state index in [0.29, 0.717) is 18.9 Å². The molecular weight excluding hydrogens is 248 g/mol. The summed E-state index contributed by atoms with van der Waals surface area (Å²) in [4.78, 5) is 12.6. The summed E-state index contributed by atoms with van der Waals surface area (Å²) in [5, 5.41) is 9.75. The van der Waals surface area contributed by atoms with Crippen molar-refractivity contribution in [2.45, 2.75) is 51.3 Å². The van der Waals surface area contributed by atoms with E-state index in [1.165, 1.54) is 6.07 Å². The van der Waals surface area contributed by atoms with Crippen molar-refractivity contribution in [1.82, 2.24) is 0 Å². The normalized spacial score (nSPS) is 43.8. The minimum Gasteiger partial charge on any atom is -0.508 e. The molecule has 0 aliphatic heterocycles. The van der Waals surface area contributed by atoms with E-state index in [1.807, 2.05) is 6.92 Å². The van der Waals surface area contributed by atoms with Crippen LogP contribution in [0.5, 0.6) is 5.75 Å². The zero-order valence-electron chi connectivity index (χ0n) is 14.8. The van der Waals surface area contributed by atoms with Gasteiger partial charge in [-0.15, -0.1) is 0 Å². The molecule has 4 atom stereocenters. The van der Waals surface area contributed by atoms with Gasteiger partial charge in [-0.25, -0.2) is 0 Å². The summed E-state index contributed by atoms with van der Waals surface area (Å²) in [5.74, 6) is 0.518. The Morgan fingerprint density at radius 3 is 3.15 bits per heavy atom. The van der Waals surface area contributed by atoms with Gasteiger partial charge in [-0.1, -0.05) is 13.0 Å². The van der Waals surface area contributed by atoms with Crippen LogP contribution in [0.25, 0.3) is 0 Å². The first-order valence-electron chi connectivity index (χ1n) is 9.11. The van der Waals surface area contributed by atoms with Crippen LogP contribution in [0.15, 0.2) is 18.2 Å². The van der Waals surface area contributed by atoms with E-state index in [9.17, 15) is 9.90 Å². The van der Waals surface area contributed by atoms with Crippen LogP contribution in [0.1, 0.15) is 60.1 Å². The summed E-state index contributed by atoms with van der Waals surface area (Å²) in [6, 6.07) is 3.68. The molecule has 0 amide bonds. The highest BCUT2D eigenvalue weighted by molar-refractivity contribution is 5.87. The number of aromatic hydroxyl groups is 1. The molecule has 0 aromatic heterocycles. The molecule has 3 aliphatic carbocycles. The largest absolute Gasteiger partial charge is 0.508 e. The van der Waals surface area contributed by atoms with Gasteiger partial charge < -0.3 is 5.11 Å². The van der Waals surface area contributed by atoms with Gasteiger partial charge in [-0.2, -0.15) is 0 Å². The van der Waals surface area contributed by atoms with Crippen molar-refractivity contribution in [2.75, 3.05) is 0 Å². The number of carbonyl (C=O) groups is 1. The Balaban J connectivity index is 1.77. The van der Waals surface area contributed by atoms with Crippen LogP contribution in [-0.2, 0) is 11.2 Å². The highest BCUT2D eigenvalue weighted by Crippen LogP contribution is 2.59. The van der Waals surface area contributed by atoms with Crippen LogP contribution in [-0.4, -0.2) is 10.9 Å². The first kappa shape index (κ1) is 9.59. The molecule has 1 N–H and O–H groups in total. The lowest BCUT2D eigenvalue weighted by Crippen LogP contribution is -2.42. The fraction of sp³-hybridized carbons (Fsp3) is 0.611. The molecule has 106 valence electrons. The maximum absolute atomic E-state index is 12.6. The topological polar surface area (TPSA) is 37.3 Å². The van der Waals surface area contributed by atoms with Crippen molar-refractivity contribution in [3.63, 3.8) is 0 Å². The number of phenols is 1. The molecule has 0 bridgehead atoms. The van der Waals surface area contributed by atoms with Crippen molar-refractivity contribution in [2.24, 2.45) is 17.3 Å². The molecule has 0 unspecified atom stereocenters. The first-order chi connectivity index (χ1) is 10.7. The Labute approximate surface area is 124 Å². The number of aryl methyl sites for hydroxylation is 1. The lowest BCUT2D eigenvalue weighted by molar-refractivity contribution is -0.129. The zero-order chi connectivity index (χ0) is 16.6. The third-order valence-electron chi connectivity index (χ3n) is 5.99. The van der Waals surface area contributed by atoms with Gasteiger partial charge in [-0.05, 0) is 73.1 Å². The highest BCUT2D eigenvalue weighted by Gasteiger charge is 2.54. The number of hydrogen-bond donors (Lipinski definition) is 1. The summed E-state index contributed by atoms with van der Waals surface area (Å²) in [5.41, 5.74) is 1.55. The number of benzene rings is 1. The maximum atomic E-state index is 12.6. The summed E-state index contributed by atoms with van der Waals surface area (Å²) in [6.45, 7) is 1.95. The van der Waals surface area contributed by atoms with Crippen molar-refractivity contribution in [3.8, 4) is 5.75 Å². The molecule has 0 saturated heterocycles. The quantitative estimate of drug-likeness (QED) is 0.780. The van der Waals surface area contributed by atoms with Crippen molar-refractivity contribution < 1.29 is 14.0 Å². The summed E-state index contributed by atoms with van der Waals surface area (Å²) in [6.07, 6.45) is 1.89. The Bertz CT molecular complexity index is 700. The Hall–Kier alpha value is -1.31. The second-order valence-electron chi connectivity index (χ2n) is 6.88. The summed E-state index contributed by atoms with van der Waals surface area (Å²) < 4.78 is 24.4. The molecule has 1 aromatic rings. The molecular formula is C18H22O2. The average molecular weight is 273 g/mol. The maximum Gasteiger partial charge on any atom is 0.139 e. The molecule has 0 spiro atoms. The lowest BCUT2D eigenvalue weighted by atomic mass is 9.55. The molecule has 20 heavy (non-hydrogen) atoms. The van der Waals surface area contributed by atoms with Crippen molar-refractivity contribution in [3.05, 3.63) is 29.3 Å². The van der Waals surface area contributed by atoms with E-state index >= 15 is 0 Å². The second-order valence-corrected chi connectivity index (χ2v) is 6.88. The monoisotopic (exact) mass is 273 g/mol. The van der Waals surface area contributed by atoms with E-state index in [0.717, 1.165) is 30.4 Å². The van der Waals surface area contributed by atoms with Gasteiger partial charge in [0.25, 0.3) is 0 Å². The summed E-state index contributed by atoms with van der Waals surface area (Å²) in [7, 11) is 0. The Kier molecular flexibility index (Phi) is 1.96. The van der Waals surface area contributed by atoms with E-state index in [2.05, 4.69) is 0 Å². The van der Waals surface area contributed by atoms with Crippen molar-refractivity contribution >= 4 is 5.78 Å². The smallest absolute Gasteiger partial charge is 0.139 e. The Morgan fingerprint density at radius 1 is 1.45 bits per heavy atom. The van der Waals surface area contributed by atoms with Crippen LogP contribution in [0.3, 0.4) is 0 Å². The fourth-order valence-corrected chi connectivity index (χ4v) is 4.85. The van der Waals surface area contributed by atoms with Gasteiger partial charge in [0.05, 0.1) is 1.37 Å². The summed E-state index contributed by atoms with van der Waals surface area (Å²) >= 11 is 0. The standard InChI is InChI=1S/C18H22O2/c1-18-9-8-14-13-5-3-12(19)10-11(13)2-4-15(14)16(18)6-7-17(18)20/h3,5,10,14-16,19H,2,4,6-9H2,1H3/t14-,15-,16+,18+/m1/s1/i5D,7D2. The van der Waals surface area contributed by atoms with Crippen molar-refractivity contribution in [1.29, 1.82) is 0 Å². The van der Waals surface area contributed by atoms with E-state index < -0.39 is 11.8 Å². The van der Waals surface area contributed by atoms with Gasteiger partial charge >= 0.3 is 0 Å². The minimum atomic E-state index is -1.70. The number of rotatable bonds is 0. The van der Waals surface area contributed by atoms with Crippen LogP contribution in [0, 0.1) is 17.3 Å². The molecule has 2 heteroatoms. The fourth-order valence-electron chi connectivity index (χ4n) is 4.85. The third kappa shape index (κ3) is 1.54. The van der Waals surface area contributed by atoms with Gasteiger partial charge in [0, 0.05) is 14.5 Å². The second kappa shape index (κ2) is 4.09.